The quantitative estimate of drug-likeness (QED) is 0.280. The molecular weight excluding hydrogens is 482 g/mol. The highest BCUT2D eigenvalue weighted by atomic mass is 31.2. The predicted molar refractivity (Wildman–Crippen MR) is 154 cm³/mol. The Kier molecular flexibility index (Phi) is 6.93. The minimum absolute atomic E-state index is 0.333. The van der Waals surface area contributed by atoms with Gasteiger partial charge in [-0.15, -0.1) is 0 Å². The molecule has 1 saturated heterocycles. The maximum Gasteiger partial charge on any atom is 0.152 e. The Morgan fingerprint density at radius 2 is 0.778 bits per heavy atom. The molecule has 4 aromatic rings. The topological polar surface area (TPSA) is 40.6 Å². The van der Waals surface area contributed by atoms with Crippen LogP contribution in [-0.4, -0.2) is 25.1 Å². The van der Waals surface area contributed by atoms with E-state index in [1.165, 1.54) is 0 Å². The number of benzene rings is 4. The molecule has 0 aliphatic carbocycles. The van der Waals surface area contributed by atoms with Gasteiger partial charge in [0.05, 0.1) is 25.1 Å². The van der Waals surface area contributed by atoms with Crippen LogP contribution in [0.3, 0.4) is 0 Å². The first-order chi connectivity index (χ1) is 17.3. The third-order valence-corrected chi connectivity index (χ3v) is 12.5. The van der Waals surface area contributed by atoms with Gasteiger partial charge < -0.3 is 18.9 Å². The van der Waals surface area contributed by atoms with E-state index >= 15 is 0 Å². The summed E-state index contributed by atoms with van der Waals surface area (Å²) >= 11 is 0. The van der Waals surface area contributed by atoms with Gasteiger partial charge in [-0.25, -0.2) is 0 Å². The molecule has 0 saturated carbocycles. The van der Waals surface area contributed by atoms with Crippen LogP contribution in [0.5, 0.6) is 0 Å². The summed E-state index contributed by atoms with van der Waals surface area (Å²) < 4.78 is 29.8. The highest BCUT2D eigenvalue weighted by Crippen LogP contribution is 2.55. The largest absolute Gasteiger partial charge is 0.356 e. The standard InChI is InChI=1S/C30H32N2O2P2/c1-25-13-17-27(18-14-25)31-21-35(33,29-9-5-3-6-10-29)23-32(28-19-15-26(2)16-20-28)24-36(34,22-31)30-11-7-4-8-12-30/h3-20H,21-24H2,1-2H3. The smallest absolute Gasteiger partial charge is 0.152 e. The van der Waals surface area contributed by atoms with E-state index in [2.05, 4.69) is 72.2 Å². The number of anilines is 2. The van der Waals surface area contributed by atoms with Crippen LogP contribution in [0.4, 0.5) is 11.4 Å². The summed E-state index contributed by atoms with van der Waals surface area (Å²) in [5, 5.41) is 1.71. The lowest BCUT2D eigenvalue weighted by atomic mass is 10.2. The molecule has 1 heterocycles. The first kappa shape index (κ1) is 24.6. The van der Waals surface area contributed by atoms with Gasteiger partial charge in [0.2, 0.25) is 0 Å². The molecule has 0 atom stereocenters. The second kappa shape index (κ2) is 10.1. The highest BCUT2D eigenvalue weighted by molar-refractivity contribution is 7.73. The number of rotatable bonds is 4. The van der Waals surface area contributed by atoms with Crippen LogP contribution in [0, 0.1) is 13.8 Å². The second-order valence-electron chi connectivity index (χ2n) is 9.77. The Hall–Kier alpha value is -3.06. The molecule has 0 bridgehead atoms. The molecule has 184 valence electrons. The van der Waals surface area contributed by atoms with E-state index in [-0.39, 0.29) is 0 Å². The maximum atomic E-state index is 14.9. The molecule has 4 aromatic carbocycles. The molecule has 0 N–H and O–H groups in total. The Bertz CT molecular complexity index is 1270. The Balaban J connectivity index is 1.65. The second-order valence-corrected chi connectivity index (χ2v) is 15.5. The Morgan fingerprint density at radius 3 is 1.08 bits per heavy atom. The summed E-state index contributed by atoms with van der Waals surface area (Å²) in [6, 6.07) is 36.1. The average Bonchev–Trinajstić information content (AvgIpc) is 2.89. The summed E-state index contributed by atoms with van der Waals surface area (Å²) in [7, 11) is -5.84. The van der Waals surface area contributed by atoms with E-state index in [0.717, 1.165) is 33.1 Å². The normalized spacial score (nSPS) is 22.6. The van der Waals surface area contributed by atoms with E-state index in [1.807, 2.05) is 60.7 Å². The van der Waals surface area contributed by atoms with Gasteiger partial charge in [0.1, 0.15) is 0 Å². The fourth-order valence-electron chi connectivity index (χ4n) is 4.85. The molecule has 1 fully saturated rings. The van der Waals surface area contributed by atoms with Crippen molar-refractivity contribution in [3.63, 3.8) is 0 Å². The molecule has 0 amide bonds. The molecule has 5 rings (SSSR count). The van der Waals surface area contributed by atoms with Crippen molar-refractivity contribution in [2.75, 3.05) is 34.9 Å². The Morgan fingerprint density at radius 1 is 0.472 bits per heavy atom. The van der Waals surface area contributed by atoms with Crippen molar-refractivity contribution in [2.45, 2.75) is 13.8 Å². The van der Waals surface area contributed by atoms with Gasteiger partial charge in [0.25, 0.3) is 0 Å². The third-order valence-electron chi connectivity index (χ3n) is 6.85. The predicted octanol–water partition coefficient (Wildman–Crippen LogP) is 6.84. The summed E-state index contributed by atoms with van der Waals surface area (Å²) in [5.41, 5.74) is 4.23. The molecule has 0 spiro atoms. The third kappa shape index (κ3) is 5.21. The van der Waals surface area contributed by atoms with Crippen LogP contribution in [0.2, 0.25) is 0 Å². The molecule has 0 aromatic heterocycles. The zero-order chi connectivity index (χ0) is 25.2. The molecular formula is C30H32N2O2P2. The van der Waals surface area contributed by atoms with E-state index in [0.29, 0.717) is 25.1 Å². The summed E-state index contributed by atoms with van der Waals surface area (Å²) in [6.07, 6.45) is 1.33. The van der Waals surface area contributed by atoms with Gasteiger partial charge in [-0.1, -0.05) is 96.1 Å². The van der Waals surface area contributed by atoms with Crippen LogP contribution >= 0.6 is 14.3 Å². The van der Waals surface area contributed by atoms with Gasteiger partial charge in [0.15, 0.2) is 14.3 Å². The van der Waals surface area contributed by atoms with Gasteiger partial charge >= 0.3 is 0 Å². The van der Waals surface area contributed by atoms with Gasteiger partial charge in [-0.3, -0.25) is 0 Å². The molecule has 4 nitrogen and oxygen atoms in total. The van der Waals surface area contributed by atoms with Crippen molar-refractivity contribution >= 4 is 36.3 Å². The number of aryl methyl sites for hydroxylation is 2. The zero-order valence-electron chi connectivity index (χ0n) is 20.8. The van der Waals surface area contributed by atoms with Gasteiger partial charge in [-0.2, -0.15) is 0 Å². The van der Waals surface area contributed by atoms with Crippen LogP contribution in [0.25, 0.3) is 0 Å². The van der Waals surface area contributed by atoms with E-state index in [4.69, 9.17) is 0 Å². The molecule has 0 radical (unpaired) electrons. The highest BCUT2D eigenvalue weighted by Gasteiger charge is 2.40. The molecule has 36 heavy (non-hydrogen) atoms. The van der Waals surface area contributed by atoms with Crippen molar-refractivity contribution in [3.8, 4) is 0 Å². The maximum absolute atomic E-state index is 14.9. The summed E-state index contributed by atoms with van der Waals surface area (Å²) in [6.45, 7) is 4.11. The lowest BCUT2D eigenvalue weighted by Gasteiger charge is -2.41. The van der Waals surface area contributed by atoms with Crippen molar-refractivity contribution in [2.24, 2.45) is 0 Å². The van der Waals surface area contributed by atoms with Crippen LogP contribution in [0.1, 0.15) is 11.1 Å². The molecule has 6 heteroatoms. The fourth-order valence-corrected chi connectivity index (χ4v) is 10.7. The minimum Gasteiger partial charge on any atom is -0.356 e. The fraction of sp³-hybridized carbons (Fsp3) is 0.200. The first-order valence-corrected chi connectivity index (χ1v) is 16.4. The van der Waals surface area contributed by atoms with Crippen LogP contribution in [0.15, 0.2) is 109 Å². The minimum atomic E-state index is -2.92. The number of hydrogen-bond acceptors (Lipinski definition) is 4. The van der Waals surface area contributed by atoms with E-state index in [9.17, 15) is 9.13 Å². The average molecular weight is 515 g/mol. The van der Waals surface area contributed by atoms with Crippen LogP contribution < -0.4 is 20.4 Å². The SMILES string of the molecule is Cc1ccc(N2CP(=O)(c3ccccc3)CN(c3ccc(C)cc3)CP(=O)(c3ccccc3)C2)cc1. The van der Waals surface area contributed by atoms with Crippen molar-refractivity contribution in [3.05, 3.63) is 120 Å². The van der Waals surface area contributed by atoms with Gasteiger partial charge in [0, 0.05) is 22.0 Å². The van der Waals surface area contributed by atoms with Crippen LogP contribution in [-0.2, 0) is 9.13 Å². The number of hydrogen-bond donors (Lipinski definition) is 0. The van der Waals surface area contributed by atoms with E-state index < -0.39 is 14.3 Å². The van der Waals surface area contributed by atoms with Crippen molar-refractivity contribution < 1.29 is 9.13 Å². The molecule has 0 unspecified atom stereocenters. The number of nitrogens with zero attached hydrogens (tertiary/aromatic N) is 2. The summed E-state index contributed by atoms with van der Waals surface area (Å²) in [4.78, 5) is 4.21. The molecule has 1 aliphatic heterocycles. The lowest BCUT2D eigenvalue weighted by molar-refractivity contribution is 0.570. The summed E-state index contributed by atoms with van der Waals surface area (Å²) in [5.74, 6) is 0. The molecule has 1 aliphatic rings. The lowest BCUT2D eigenvalue weighted by Crippen LogP contribution is -2.40. The van der Waals surface area contributed by atoms with Crippen molar-refractivity contribution in [1.29, 1.82) is 0 Å². The Labute approximate surface area is 214 Å². The van der Waals surface area contributed by atoms with Gasteiger partial charge in [-0.05, 0) is 38.1 Å². The first-order valence-electron chi connectivity index (χ1n) is 12.3. The van der Waals surface area contributed by atoms with E-state index in [1.54, 1.807) is 0 Å². The van der Waals surface area contributed by atoms with Crippen molar-refractivity contribution in [1.82, 2.24) is 0 Å². The monoisotopic (exact) mass is 514 g/mol. The zero-order valence-corrected chi connectivity index (χ0v) is 22.6.